The molecular formula is C15H16N2O. The van der Waals surface area contributed by atoms with Crippen LogP contribution < -0.4 is 10.1 Å². The lowest BCUT2D eigenvalue weighted by Gasteiger charge is -2.42. The number of hydrogen-bond acceptors (Lipinski definition) is 3. The van der Waals surface area contributed by atoms with Crippen LogP contribution in [0.3, 0.4) is 0 Å². The van der Waals surface area contributed by atoms with E-state index in [9.17, 15) is 5.26 Å². The smallest absolute Gasteiger partial charge is 0.140 e. The molecule has 0 saturated carbocycles. The largest absolute Gasteiger partial charge is 0.487 e. The third kappa shape index (κ3) is 2.06. The molecule has 18 heavy (non-hydrogen) atoms. The van der Waals surface area contributed by atoms with E-state index in [1.54, 1.807) is 0 Å². The first-order valence-corrected chi connectivity index (χ1v) is 5.91. The van der Waals surface area contributed by atoms with E-state index in [1.165, 1.54) is 0 Å². The van der Waals surface area contributed by atoms with Gasteiger partial charge in [0.05, 0.1) is 12.6 Å². The molecule has 3 nitrogen and oxygen atoms in total. The van der Waals surface area contributed by atoms with Gasteiger partial charge in [-0.3, -0.25) is 5.32 Å². The topological polar surface area (TPSA) is 45.0 Å². The van der Waals surface area contributed by atoms with Gasteiger partial charge in [-0.05, 0) is 19.9 Å². The summed E-state index contributed by atoms with van der Waals surface area (Å²) >= 11 is 0. The van der Waals surface area contributed by atoms with Crippen LogP contribution in [-0.2, 0) is 5.54 Å². The third-order valence-electron chi connectivity index (χ3n) is 3.11. The summed E-state index contributed by atoms with van der Waals surface area (Å²) in [5.74, 6) is 3.28. The Morgan fingerprint density at radius 2 is 2.17 bits per heavy atom. The Kier molecular flexibility index (Phi) is 3.03. The highest BCUT2D eigenvalue weighted by Gasteiger charge is 2.45. The number of nitrogens with zero attached hydrogens (tertiary/aromatic N) is 1. The van der Waals surface area contributed by atoms with E-state index in [4.69, 9.17) is 11.2 Å². The predicted molar refractivity (Wildman–Crippen MR) is 69.9 cm³/mol. The summed E-state index contributed by atoms with van der Waals surface area (Å²) in [7, 11) is 0. The molecule has 1 aliphatic heterocycles. The Morgan fingerprint density at radius 3 is 2.83 bits per heavy atom. The zero-order valence-corrected chi connectivity index (χ0v) is 10.7. The Balaban J connectivity index is 2.53. The maximum atomic E-state index is 9.61. The van der Waals surface area contributed by atoms with Crippen LogP contribution in [0.4, 0.5) is 0 Å². The number of benzene rings is 1. The van der Waals surface area contributed by atoms with Crippen LogP contribution in [0, 0.1) is 23.7 Å². The molecule has 0 spiro atoms. The molecule has 1 heterocycles. The van der Waals surface area contributed by atoms with Gasteiger partial charge in [-0.1, -0.05) is 24.1 Å². The van der Waals surface area contributed by atoms with E-state index in [2.05, 4.69) is 17.3 Å². The standard InChI is InChI=1S/C15H16N2O/c1-4-9-17-15(11-16)10-14(2,3)18-13-8-6-5-7-12(13)15/h1,5-8,17H,9-10H2,2-3H3. The fourth-order valence-corrected chi connectivity index (χ4v) is 2.47. The molecule has 1 unspecified atom stereocenters. The number of nitriles is 1. The molecule has 0 radical (unpaired) electrons. The highest BCUT2D eigenvalue weighted by atomic mass is 16.5. The lowest BCUT2D eigenvalue weighted by Crippen LogP contribution is -2.51. The monoisotopic (exact) mass is 240 g/mol. The van der Waals surface area contributed by atoms with Gasteiger partial charge in [-0.2, -0.15) is 5.26 Å². The molecule has 1 aromatic rings. The van der Waals surface area contributed by atoms with Gasteiger partial charge in [-0.15, -0.1) is 6.42 Å². The zero-order chi connectivity index (χ0) is 13.2. The average molecular weight is 240 g/mol. The lowest BCUT2D eigenvalue weighted by molar-refractivity contribution is 0.0503. The van der Waals surface area contributed by atoms with E-state index in [0.29, 0.717) is 13.0 Å². The normalized spacial score (nSPS) is 24.2. The maximum Gasteiger partial charge on any atom is 0.140 e. The maximum absolute atomic E-state index is 9.61. The van der Waals surface area contributed by atoms with Crippen molar-refractivity contribution in [2.75, 3.05) is 6.54 Å². The molecule has 92 valence electrons. The zero-order valence-electron chi connectivity index (χ0n) is 10.7. The first-order valence-electron chi connectivity index (χ1n) is 5.91. The minimum atomic E-state index is -0.773. The first-order chi connectivity index (χ1) is 8.53. The molecular weight excluding hydrogens is 224 g/mol. The van der Waals surface area contributed by atoms with Gasteiger partial charge in [0.1, 0.15) is 16.9 Å². The van der Waals surface area contributed by atoms with Crippen molar-refractivity contribution in [3.8, 4) is 24.2 Å². The van der Waals surface area contributed by atoms with Crippen molar-refractivity contribution in [3.63, 3.8) is 0 Å². The minimum absolute atomic E-state index is 0.359. The summed E-state index contributed by atoms with van der Waals surface area (Å²) in [6.45, 7) is 4.32. The summed E-state index contributed by atoms with van der Waals surface area (Å²) in [5.41, 5.74) is -0.307. The number of ether oxygens (including phenoxy) is 1. The molecule has 0 fully saturated rings. The number of nitrogens with one attached hydrogen (secondary N) is 1. The van der Waals surface area contributed by atoms with Crippen LogP contribution >= 0.6 is 0 Å². The Hall–Kier alpha value is -1.97. The quantitative estimate of drug-likeness (QED) is 0.806. The summed E-state index contributed by atoms with van der Waals surface area (Å²) in [5, 5.41) is 12.8. The lowest BCUT2D eigenvalue weighted by atomic mass is 9.78. The number of hydrogen-bond donors (Lipinski definition) is 1. The molecule has 1 aliphatic rings. The molecule has 3 heteroatoms. The fraction of sp³-hybridized carbons (Fsp3) is 0.400. The van der Waals surface area contributed by atoms with Crippen LogP contribution in [0.1, 0.15) is 25.8 Å². The fourth-order valence-electron chi connectivity index (χ4n) is 2.47. The van der Waals surface area contributed by atoms with Crippen molar-refractivity contribution < 1.29 is 4.74 Å². The second-order valence-corrected chi connectivity index (χ2v) is 5.11. The van der Waals surface area contributed by atoms with Gasteiger partial charge in [0.15, 0.2) is 0 Å². The average Bonchev–Trinajstić information content (AvgIpc) is 2.34. The highest BCUT2D eigenvalue weighted by molar-refractivity contribution is 5.46. The SMILES string of the molecule is C#CCNC1(C#N)CC(C)(C)Oc2ccccc21. The molecule has 1 aromatic carbocycles. The van der Waals surface area contributed by atoms with E-state index >= 15 is 0 Å². The Labute approximate surface area is 108 Å². The molecule has 0 aromatic heterocycles. The van der Waals surface area contributed by atoms with Crippen molar-refractivity contribution in [2.45, 2.75) is 31.4 Å². The van der Waals surface area contributed by atoms with Crippen LogP contribution in [0.2, 0.25) is 0 Å². The number of para-hydroxylation sites is 1. The van der Waals surface area contributed by atoms with Gasteiger partial charge in [0.25, 0.3) is 0 Å². The number of rotatable bonds is 2. The molecule has 2 rings (SSSR count). The number of fused-ring (bicyclic) bond motifs is 1. The van der Waals surface area contributed by atoms with Gasteiger partial charge in [0.2, 0.25) is 0 Å². The van der Waals surface area contributed by atoms with Gasteiger partial charge < -0.3 is 4.74 Å². The molecule has 1 N–H and O–H groups in total. The van der Waals surface area contributed by atoms with Crippen LogP contribution in [0.25, 0.3) is 0 Å². The number of terminal acetylenes is 1. The first kappa shape index (κ1) is 12.5. The van der Waals surface area contributed by atoms with E-state index < -0.39 is 11.1 Å². The Morgan fingerprint density at radius 1 is 1.44 bits per heavy atom. The molecule has 0 saturated heterocycles. The highest BCUT2D eigenvalue weighted by Crippen LogP contribution is 2.42. The van der Waals surface area contributed by atoms with E-state index in [0.717, 1.165) is 11.3 Å². The summed E-state index contributed by atoms with van der Waals surface area (Å²) in [6, 6.07) is 9.99. The van der Waals surface area contributed by atoms with Gasteiger partial charge >= 0.3 is 0 Å². The molecule has 0 amide bonds. The van der Waals surface area contributed by atoms with Crippen molar-refractivity contribution in [3.05, 3.63) is 29.8 Å². The van der Waals surface area contributed by atoms with E-state index in [1.807, 2.05) is 38.1 Å². The molecule has 0 aliphatic carbocycles. The summed E-state index contributed by atoms with van der Waals surface area (Å²) < 4.78 is 5.91. The van der Waals surface area contributed by atoms with Crippen LogP contribution in [0.15, 0.2) is 24.3 Å². The molecule has 0 bridgehead atoms. The predicted octanol–water partition coefficient (Wildman–Crippen LogP) is 2.19. The van der Waals surface area contributed by atoms with Crippen molar-refractivity contribution in [1.29, 1.82) is 5.26 Å². The Bertz CT molecular complexity index is 536. The van der Waals surface area contributed by atoms with Crippen LogP contribution in [0.5, 0.6) is 5.75 Å². The van der Waals surface area contributed by atoms with Crippen molar-refractivity contribution >= 4 is 0 Å². The van der Waals surface area contributed by atoms with Crippen molar-refractivity contribution in [2.24, 2.45) is 0 Å². The third-order valence-corrected chi connectivity index (χ3v) is 3.11. The van der Waals surface area contributed by atoms with Gasteiger partial charge in [-0.25, -0.2) is 0 Å². The van der Waals surface area contributed by atoms with E-state index in [-0.39, 0.29) is 0 Å². The second-order valence-electron chi connectivity index (χ2n) is 5.11. The minimum Gasteiger partial charge on any atom is -0.487 e. The van der Waals surface area contributed by atoms with Gasteiger partial charge in [0, 0.05) is 12.0 Å². The second kappa shape index (κ2) is 4.37. The molecule has 1 atom stereocenters. The summed E-state index contributed by atoms with van der Waals surface area (Å²) in [6.07, 6.45) is 5.86. The van der Waals surface area contributed by atoms with Crippen LogP contribution in [-0.4, -0.2) is 12.1 Å². The van der Waals surface area contributed by atoms with Crippen molar-refractivity contribution in [1.82, 2.24) is 5.32 Å². The summed E-state index contributed by atoms with van der Waals surface area (Å²) in [4.78, 5) is 0.